The van der Waals surface area contributed by atoms with Crippen LogP contribution >= 0.6 is 23.2 Å². The summed E-state index contributed by atoms with van der Waals surface area (Å²) in [4.78, 5) is 35.5. The summed E-state index contributed by atoms with van der Waals surface area (Å²) in [6.45, 7) is 3.50. The van der Waals surface area contributed by atoms with Crippen LogP contribution in [-0.2, 0) is 14.3 Å². The number of ketones is 2. The van der Waals surface area contributed by atoms with Crippen molar-refractivity contribution >= 4 is 40.7 Å². The van der Waals surface area contributed by atoms with E-state index in [1.54, 1.807) is 13.0 Å². The smallest absolute Gasteiger partial charge is 0.305 e. The lowest BCUT2D eigenvalue weighted by molar-refractivity contribution is -0.143. The van der Waals surface area contributed by atoms with E-state index in [0.717, 1.165) is 0 Å². The number of unbranched alkanes of at least 4 members (excludes halogenated alkanes) is 1. The molecule has 23 heavy (non-hydrogen) atoms. The zero-order valence-electron chi connectivity index (χ0n) is 13.2. The molecule has 1 aromatic rings. The van der Waals surface area contributed by atoms with Crippen molar-refractivity contribution in [2.45, 2.75) is 39.5 Å². The number of hydrogen-bond acceptors (Lipinski definition) is 4. The minimum atomic E-state index is -0.727. The molecule has 1 aromatic carbocycles. The van der Waals surface area contributed by atoms with Crippen LogP contribution in [0.5, 0.6) is 0 Å². The second-order valence-electron chi connectivity index (χ2n) is 5.21. The van der Waals surface area contributed by atoms with Crippen LogP contribution in [0.2, 0.25) is 10.0 Å². The standard InChI is InChI=1S/C17H20Cl2O4/c1-3-23-16(21)7-5-4-6-13(11(2)20)17(22)12-8-9-14(18)15(19)10-12/h8-10,13H,3-7H2,1-2H3. The highest BCUT2D eigenvalue weighted by molar-refractivity contribution is 6.42. The molecule has 0 N–H and O–H groups in total. The monoisotopic (exact) mass is 358 g/mol. The van der Waals surface area contributed by atoms with Gasteiger partial charge in [0.2, 0.25) is 0 Å². The highest BCUT2D eigenvalue weighted by Crippen LogP contribution is 2.25. The summed E-state index contributed by atoms with van der Waals surface area (Å²) in [6, 6.07) is 4.57. The predicted octanol–water partition coefficient (Wildman–Crippen LogP) is 4.50. The summed E-state index contributed by atoms with van der Waals surface area (Å²) >= 11 is 11.7. The molecule has 1 atom stereocenters. The Kier molecular flexibility index (Phi) is 8.28. The van der Waals surface area contributed by atoms with Crippen LogP contribution in [0.1, 0.15) is 49.9 Å². The van der Waals surface area contributed by atoms with Crippen molar-refractivity contribution in [1.29, 1.82) is 0 Å². The number of ether oxygens (including phenoxy) is 1. The molecule has 4 nitrogen and oxygen atoms in total. The van der Waals surface area contributed by atoms with E-state index >= 15 is 0 Å². The zero-order valence-corrected chi connectivity index (χ0v) is 14.7. The van der Waals surface area contributed by atoms with Gasteiger partial charge >= 0.3 is 5.97 Å². The highest BCUT2D eigenvalue weighted by Gasteiger charge is 2.24. The molecule has 0 aromatic heterocycles. The van der Waals surface area contributed by atoms with Crippen molar-refractivity contribution in [2.75, 3.05) is 6.61 Å². The molecule has 0 saturated heterocycles. The van der Waals surface area contributed by atoms with Gasteiger partial charge in [0.25, 0.3) is 0 Å². The molecule has 0 saturated carbocycles. The van der Waals surface area contributed by atoms with Crippen molar-refractivity contribution in [3.63, 3.8) is 0 Å². The van der Waals surface area contributed by atoms with Crippen LogP contribution in [0.25, 0.3) is 0 Å². The zero-order chi connectivity index (χ0) is 17.4. The van der Waals surface area contributed by atoms with E-state index in [2.05, 4.69) is 0 Å². The Balaban J connectivity index is 2.63. The first-order chi connectivity index (χ1) is 10.9. The number of esters is 1. The molecule has 0 aliphatic heterocycles. The molecule has 0 amide bonds. The van der Waals surface area contributed by atoms with Crippen LogP contribution in [0, 0.1) is 5.92 Å². The molecule has 0 spiro atoms. The van der Waals surface area contributed by atoms with Crippen molar-refractivity contribution in [3.8, 4) is 0 Å². The lowest BCUT2D eigenvalue weighted by Crippen LogP contribution is -2.22. The van der Waals surface area contributed by atoms with Crippen LogP contribution in [0.4, 0.5) is 0 Å². The van der Waals surface area contributed by atoms with Crippen molar-refractivity contribution in [2.24, 2.45) is 5.92 Å². The molecule has 0 aliphatic carbocycles. The molecule has 126 valence electrons. The number of benzene rings is 1. The lowest BCUT2D eigenvalue weighted by Gasteiger charge is -2.13. The number of carbonyl (C=O) groups is 3. The van der Waals surface area contributed by atoms with Crippen molar-refractivity contribution in [1.82, 2.24) is 0 Å². The first kappa shape index (κ1) is 19.7. The van der Waals surface area contributed by atoms with Gasteiger partial charge in [0.1, 0.15) is 5.78 Å². The topological polar surface area (TPSA) is 60.4 Å². The second kappa shape index (κ2) is 9.68. The van der Waals surface area contributed by atoms with Gasteiger partial charge in [0.15, 0.2) is 5.78 Å². The van der Waals surface area contributed by atoms with Gasteiger partial charge in [-0.25, -0.2) is 0 Å². The van der Waals surface area contributed by atoms with Gasteiger partial charge in [-0.05, 0) is 44.9 Å². The predicted molar refractivity (Wildman–Crippen MR) is 90.1 cm³/mol. The van der Waals surface area contributed by atoms with E-state index in [0.29, 0.717) is 42.9 Å². The molecule has 0 radical (unpaired) electrons. The lowest BCUT2D eigenvalue weighted by atomic mass is 9.89. The minimum Gasteiger partial charge on any atom is -0.466 e. The maximum absolute atomic E-state index is 12.5. The van der Waals surface area contributed by atoms with E-state index in [1.807, 2.05) is 0 Å². The summed E-state index contributed by atoms with van der Waals surface area (Å²) in [7, 11) is 0. The van der Waals surface area contributed by atoms with Crippen molar-refractivity contribution < 1.29 is 19.1 Å². The quantitative estimate of drug-likeness (QED) is 0.282. The van der Waals surface area contributed by atoms with Gasteiger partial charge in [-0.1, -0.05) is 29.6 Å². The van der Waals surface area contributed by atoms with Crippen LogP contribution in [-0.4, -0.2) is 24.1 Å². The average molecular weight is 359 g/mol. The van der Waals surface area contributed by atoms with E-state index in [9.17, 15) is 14.4 Å². The molecule has 1 rings (SSSR count). The maximum Gasteiger partial charge on any atom is 0.305 e. The number of Topliss-reactive ketones (excluding diaryl/α,β-unsaturated/α-hetero) is 2. The Bertz CT molecular complexity index is 584. The molecular formula is C17H20Cl2O4. The third kappa shape index (κ3) is 6.32. The van der Waals surface area contributed by atoms with Crippen LogP contribution in [0.15, 0.2) is 18.2 Å². The fourth-order valence-electron chi connectivity index (χ4n) is 2.22. The fraction of sp³-hybridized carbons (Fsp3) is 0.471. The third-order valence-corrected chi connectivity index (χ3v) is 4.18. The molecule has 0 fully saturated rings. The summed E-state index contributed by atoms with van der Waals surface area (Å²) in [5, 5.41) is 0.638. The summed E-state index contributed by atoms with van der Waals surface area (Å²) in [5.74, 6) is -1.46. The summed E-state index contributed by atoms with van der Waals surface area (Å²) in [6.07, 6.45) is 1.86. The van der Waals surface area contributed by atoms with Crippen LogP contribution < -0.4 is 0 Å². The van der Waals surface area contributed by atoms with Gasteiger partial charge in [-0.15, -0.1) is 0 Å². The number of hydrogen-bond donors (Lipinski definition) is 0. The Morgan fingerprint density at radius 2 is 1.83 bits per heavy atom. The summed E-state index contributed by atoms with van der Waals surface area (Å²) in [5.41, 5.74) is 0.366. The first-order valence-corrected chi connectivity index (χ1v) is 8.27. The minimum absolute atomic E-state index is 0.197. The molecular weight excluding hydrogens is 339 g/mol. The van der Waals surface area contributed by atoms with Gasteiger partial charge in [-0.2, -0.15) is 0 Å². The Morgan fingerprint density at radius 3 is 2.39 bits per heavy atom. The van der Waals surface area contributed by atoms with E-state index in [-0.39, 0.29) is 22.6 Å². The Hall–Kier alpha value is -1.39. The summed E-state index contributed by atoms with van der Waals surface area (Å²) < 4.78 is 4.84. The van der Waals surface area contributed by atoms with Gasteiger partial charge < -0.3 is 4.74 Å². The maximum atomic E-state index is 12.5. The molecule has 1 unspecified atom stereocenters. The first-order valence-electron chi connectivity index (χ1n) is 7.52. The Morgan fingerprint density at radius 1 is 1.13 bits per heavy atom. The fourth-order valence-corrected chi connectivity index (χ4v) is 2.52. The van der Waals surface area contributed by atoms with Gasteiger partial charge in [0.05, 0.1) is 22.6 Å². The molecule has 0 bridgehead atoms. The van der Waals surface area contributed by atoms with E-state index in [4.69, 9.17) is 27.9 Å². The third-order valence-electron chi connectivity index (χ3n) is 3.44. The second-order valence-corrected chi connectivity index (χ2v) is 6.02. The molecule has 0 aliphatic rings. The molecule has 6 heteroatoms. The largest absolute Gasteiger partial charge is 0.466 e. The van der Waals surface area contributed by atoms with Gasteiger partial charge in [0, 0.05) is 12.0 Å². The normalized spacial score (nSPS) is 11.8. The van der Waals surface area contributed by atoms with E-state index in [1.165, 1.54) is 19.1 Å². The van der Waals surface area contributed by atoms with Gasteiger partial charge in [-0.3, -0.25) is 14.4 Å². The number of carbonyl (C=O) groups excluding carboxylic acids is 3. The van der Waals surface area contributed by atoms with Crippen LogP contribution in [0.3, 0.4) is 0 Å². The highest BCUT2D eigenvalue weighted by atomic mass is 35.5. The Labute approximate surface area is 146 Å². The van der Waals surface area contributed by atoms with E-state index < -0.39 is 5.92 Å². The number of rotatable bonds is 9. The molecule has 0 heterocycles. The average Bonchev–Trinajstić information content (AvgIpc) is 2.49. The van der Waals surface area contributed by atoms with Crippen molar-refractivity contribution in [3.05, 3.63) is 33.8 Å². The SMILES string of the molecule is CCOC(=O)CCCCC(C(C)=O)C(=O)c1ccc(Cl)c(Cl)c1. The number of halogens is 2.